The summed E-state index contributed by atoms with van der Waals surface area (Å²) in [6.45, 7) is 3.17. The normalized spacial score (nSPS) is 16.4. The molecule has 1 aliphatic heterocycles. The minimum Gasteiger partial charge on any atom is -0.297 e. The molecule has 1 N–H and O–H groups in total. The molecule has 0 atom stereocenters. The average Bonchev–Trinajstić information content (AvgIpc) is 3.02. The molecular weight excluding hydrogens is 349 g/mol. The summed E-state index contributed by atoms with van der Waals surface area (Å²) < 4.78 is 39.8. The van der Waals surface area contributed by atoms with E-state index in [0.29, 0.717) is 0 Å². The maximum Gasteiger partial charge on any atom is 0.240 e. The Labute approximate surface area is 145 Å². The van der Waals surface area contributed by atoms with Gasteiger partial charge in [-0.15, -0.1) is 11.3 Å². The first-order chi connectivity index (χ1) is 11.5. The van der Waals surface area contributed by atoms with Gasteiger partial charge >= 0.3 is 0 Å². The van der Waals surface area contributed by atoms with Gasteiger partial charge in [-0.2, -0.15) is 0 Å². The lowest BCUT2D eigenvalue weighted by Crippen LogP contribution is -2.29. The van der Waals surface area contributed by atoms with Gasteiger partial charge in [-0.1, -0.05) is 6.42 Å². The van der Waals surface area contributed by atoms with Gasteiger partial charge in [0, 0.05) is 11.9 Å². The predicted octanol–water partition coefficient (Wildman–Crippen LogP) is 2.75. The lowest BCUT2D eigenvalue weighted by atomic mass is 10.1. The molecule has 1 aromatic heterocycles. The van der Waals surface area contributed by atoms with Crippen molar-refractivity contribution in [1.82, 2.24) is 14.6 Å². The van der Waals surface area contributed by atoms with Gasteiger partial charge in [0.15, 0.2) is 0 Å². The van der Waals surface area contributed by atoms with Crippen molar-refractivity contribution in [2.24, 2.45) is 0 Å². The summed E-state index contributed by atoms with van der Waals surface area (Å²) >= 11 is 1.45. The van der Waals surface area contributed by atoms with Crippen LogP contribution >= 0.6 is 11.3 Å². The molecule has 130 valence electrons. The summed E-state index contributed by atoms with van der Waals surface area (Å²) in [6.07, 6.45) is 3.76. The molecule has 1 aromatic carbocycles. The standard InChI is InChI=1S/C16H20FN3O2S2/c17-13-4-6-15(7-5-13)24(21,22)18-10-16-19-14(12-23-16)11-20-8-2-1-3-9-20/h4-7,12,18H,1-3,8-11H2. The Morgan fingerprint density at radius 2 is 1.88 bits per heavy atom. The van der Waals surface area contributed by atoms with E-state index in [0.717, 1.165) is 42.5 Å². The number of aromatic nitrogens is 1. The minimum absolute atomic E-state index is 0.0500. The summed E-state index contributed by atoms with van der Waals surface area (Å²) in [5.74, 6) is -0.462. The van der Waals surface area contributed by atoms with Gasteiger partial charge in [0.1, 0.15) is 10.8 Å². The molecule has 5 nitrogen and oxygen atoms in total. The highest BCUT2D eigenvalue weighted by atomic mass is 32.2. The number of halogens is 1. The molecule has 24 heavy (non-hydrogen) atoms. The number of thiazole rings is 1. The fourth-order valence-corrected chi connectivity index (χ4v) is 4.51. The first-order valence-electron chi connectivity index (χ1n) is 7.94. The number of nitrogens with one attached hydrogen (secondary N) is 1. The quantitative estimate of drug-likeness (QED) is 0.850. The van der Waals surface area contributed by atoms with Crippen LogP contribution in [-0.4, -0.2) is 31.4 Å². The van der Waals surface area contributed by atoms with Gasteiger partial charge in [-0.3, -0.25) is 4.90 Å². The summed E-state index contributed by atoms with van der Waals surface area (Å²) in [5.41, 5.74) is 0.984. The zero-order chi connectivity index (χ0) is 17.0. The molecule has 0 spiro atoms. The number of benzene rings is 1. The minimum atomic E-state index is -3.65. The Hall–Kier alpha value is -1.35. The first-order valence-corrected chi connectivity index (χ1v) is 10.3. The number of hydrogen-bond donors (Lipinski definition) is 1. The van der Waals surface area contributed by atoms with E-state index < -0.39 is 15.8 Å². The van der Waals surface area contributed by atoms with Crippen LogP contribution in [0, 0.1) is 5.82 Å². The third-order valence-corrected chi connectivity index (χ3v) is 6.29. The zero-order valence-electron chi connectivity index (χ0n) is 13.2. The number of likely N-dealkylation sites (tertiary alicyclic amines) is 1. The van der Waals surface area contributed by atoms with Crippen molar-refractivity contribution in [1.29, 1.82) is 0 Å². The van der Waals surface area contributed by atoms with Gasteiger partial charge in [-0.05, 0) is 50.2 Å². The second kappa shape index (κ2) is 7.69. The second-order valence-corrected chi connectivity index (χ2v) is 8.56. The number of sulfonamides is 1. The molecule has 1 saturated heterocycles. The van der Waals surface area contributed by atoms with E-state index in [1.54, 1.807) is 0 Å². The van der Waals surface area contributed by atoms with Crippen LogP contribution in [0.4, 0.5) is 4.39 Å². The Morgan fingerprint density at radius 1 is 1.17 bits per heavy atom. The Morgan fingerprint density at radius 3 is 2.58 bits per heavy atom. The lowest BCUT2D eigenvalue weighted by Gasteiger charge is -2.25. The highest BCUT2D eigenvalue weighted by molar-refractivity contribution is 7.89. The van der Waals surface area contributed by atoms with Crippen molar-refractivity contribution in [3.8, 4) is 0 Å². The Kier molecular flexibility index (Phi) is 5.60. The zero-order valence-corrected chi connectivity index (χ0v) is 14.9. The summed E-state index contributed by atoms with van der Waals surface area (Å²) in [6, 6.07) is 4.77. The van der Waals surface area contributed by atoms with Crippen molar-refractivity contribution in [3.63, 3.8) is 0 Å². The maximum atomic E-state index is 12.9. The molecule has 3 rings (SSSR count). The van der Waals surface area contributed by atoms with E-state index in [9.17, 15) is 12.8 Å². The monoisotopic (exact) mass is 369 g/mol. The van der Waals surface area contributed by atoms with Crippen molar-refractivity contribution < 1.29 is 12.8 Å². The smallest absolute Gasteiger partial charge is 0.240 e. The largest absolute Gasteiger partial charge is 0.297 e. The van der Waals surface area contributed by atoms with E-state index in [-0.39, 0.29) is 11.4 Å². The summed E-state index contributed by atoms with van der Waals surface area (Å²) in [4.78, 5) is 6.94. The van der Waals surface area contributed by atoms with E-state index >= 15 is 0 Å². The van der Waals surface area contributed by atoms with Crippen molar-refractivity contribution >= 4 is 21.4 Å². The highest BCUT2D eigenvalue weighted by Crippen LogP contribution is 2.16. The van der Waals surface area contributed by atoms with Gasteiger partial charge in [-0.25, -0.2) is 22.5 Å². The van der Waals surface area contributed by atoms with Crippen molar-refractivity contribution in [2.75, 3.05) is 13.1 Å². The molecule has 0 unspecified atom stereocenters. The summed E-state index contributed by atoms with van der Waals surface area (Å²) in [5, 5.41) is 2.71. The second-order valence-electron chi connectivity index (χ2n) is 5.85. The average molecular weight is 369 g/mol. The molecule has 0 saturated carbocycles. The van der Waals surface area contributed by atoms with Crippen LogP contribution in [0.25, 0.3) is 0 Å². The third kappa shape index (κ3) is 4.60. The molecule has 2 heterocycles. The van der Waals surface area contributed by atoms with Crippen LogP contribution in [0.1, 0.15) is 30.0 Å². The summed E-state index contributed by atoms with van der Waals surface area (Å²) in [7, 11) is -3.65. The maximum absolute atomic E-state index is 12.9. The van der Waals surface area contributed by atoms with E-state index in [1.165, 1.54) is 42.7 Å². The topological polar surface area (TPSA) is 62.3 Å². The first kappa shape index (κ1) is 17.5. The molecule has 0 aliphatic carbocycles. The van der Waals surface area contributed by atoms with Gasteiger partial charge in [0.05, 0.1) is 17.1 Å². The van der Waals surface area contributed by atoms with Crippen LogP contribution in [0.2, 0.25) is 0 Å². The van der Waals surface area contributed by atoms with Crippen molar-refractivity contribution in [2.45, 2.75) is 37.2 Å². The molecule has 1 fully saturated rings. The van der Waals surface area contributed by atoms with E-state index in [1.807, 2.05) is 5.38 Å². The molecule has 0 amide bonds. The molecule has 0 radical (unpaired) electrons. The fourth-order valence-electron chi connectivity index (χ4n) is 2.70. The highest BCUT2D eigenvalue weighted by Gasteiger charge is 2.16. The van der Waals surface area contributed by atoms with Gasteiger partial charge in [0.2, 0.25) is 10.0 Å². The van der Waals surface area contributed by atoms with Gasteiger partial charge < -0.3 is 0 Å². The Bertz CT molecular complexity index is 769. The van der Waals surface area contributed by atoms with Crippen LogP contribution in [-0.2, 0) is 23.1 Å². The van der Waals surface area contributed by atoms with E-state index in [4.69, 9.17) is 0 Å². The van der Waals surface area contributed by atoms with Crippen molar-refractivity contribution in [3.05, 3.63) is 46.2 Å². The number of nitrogens with zero attached hydrogens (tertiary/aromatic N) is 2. The van der Waals surface area contributed by atoms with Gasteiger partial charge in [0.25, 0.3) is 0 Å². The SMILES string of the molecule is O=S(=O)(NCc1nc(CN2CCCCC2)cs1)c1ccc(F)cc1. The third-order valence-electron chi connectivity index (χ3n) is 3.97. The number of hydrogen-bond acceptors (Lipinski definition) is 5. The van der Waals surface area contributed by atoms with E-state index in [2.05, 4.69) is 14.6 Å². The predicted molar refractivity (Wildman–Crippen MR) is 91.7 cm³/mol. The molecule has 1 aliphatic rings. The fraction of sp³-hybridized carbons (Fsp3) is 0.438. The van der Waals surface area contributed by atoms with Crippen LogP contribution in [0.5, 0.6) is 0 Å². The number of rotatable bonds is 6. The lowest BCUT2D eigenvalue weighted by molar-refractivity contribution is 0.219. The Balaban J connectivity index is 1.57. The number of piperidine rings is 1. The van der Waals surface area contributed by atoms with Crippen LogP contribution < -0.4 is 4.72 Å². The molecule has 2 aromatic rings. The van der Waals surface area contributed by atoms with Crippen LogP contribution in [0.15, 0.2) is 34.5 Å². The molecular formula is C16H20FN3O2S2. The van der Waals surface area contributed by atoms with Crippen LogP contribution in [0.3, 0.4) is 0 Å². The molecule has 0 bridgehead atoms. The molecule has 8 heteroatoms.